The first-order chi connectivity index (χ1) is 24.6. The molecule has 0 fully saturated rings. The third kappa shape index (κ3) is 37.6. The van der Waals surface area contributed by atoms with Gasteiger partial charge in [-0.1, -0.05) is 143 Å². The maximum Gasteiger partial charge on any atom is 0.306 e. The van der Waals surface area contributed by atoms with Gasteiger partial charge in [-0.15, -0.1) is 0 Å². The third-order valence-electron chi connectivity index (χ3n) is 7.85. The molecule has 0 aliphatic heterocycles. The van der Waals surface area contributed by atoms with Crippen LogP contribution in [0.15, 0.2) is 97.2 Å². The van der Waals surface area contributed by atoms with Gasteiger partial charge in [-0.3, -0.25) is 9.59 Å². The van der Waals surface area contributed by atoms with Gasteiger partial charge in [0.25, 0.3) is 0 Å². The summed E-state index contributed by atoms with van der Waals surface area (Å²) < 4.78 is 10.5. The fraction of sp³-hybridized carbons (Fsp3) is 0.600. The molecule has 0 aliphatic carbocycles. The number of allylic oxidation sites excluding steroid dienone is 16. The molecule has 0 amide bonds. The van der Waals surface area contributed by atoms with E-state index < -0.39 is 6.10 Å². The molecule has 5 nitrogen and oxygen atoms in total. The molecule has 1 atom stereocenters. The molecule has 0 saturated carbocycles. The zero-order chi connectivity index (χ0) is 36.4. The lowest BCUT2D eigenvalue weighted by Crippen LogP contribution is -2.28. The first-order valence-electron chi connectivity index (χ1n) is 19.8. The van der Waals surface area contributed by atoms with Crippen molar-refractivity contribution in [2.24, 2.45) is 0 Å². The molecule has 1 N–H and O–H groups in total. The van der Waals surface area contributed by atoms with Crippen LogP contribution in [0, 0.1) is 0 Å². The number of esters is 2. The van der Waals surface area contributed by atoms with E-state index in [1.807, 2.05) is 0 Å². The Labute approximate surface area is 307 Å². The second-order valence-corrected chi connectivity index (χ2v) is 12.6. The Hall–Kier alpha value is -3.18. The lowest BCUT2D eigenvalue weighted by Gasteiger charge is -2.15. The topological polar surface area (TPSA) is 72.8 Å². The summed E-state index contributed by atoms with van der Waals surface area (Å²) in [6.07, 6.45) is 56.1. The molecule has 0 heterocycles. The van der Waals surface area contributed by atoms with Crippen LogP contribution >= 0.6 is 0 Å². The van der Waals surface area contributed by atoms with E-state index in [0.29, 0.717) is 12.8 Å². The lowest BCUT2D eigenvalue weighted by molar-refractivity contribution is -0.161. The highest BCUT2D eigenvalue weighted by atomic mass is 16.6. The third-order valence-corrected chi connectivity index (χ3v) is 7.85. The monoisotopic (exact) mass is 693 g/mol. The van der Waals surface area contributed by atoms with Gasteiger partial charge in [0.15, 0.2) is 6.10 Å². The average Bonchev–Trinajstić information content (AvgIpc) is 3.12. The van der Waals surface area contributed by atoms with E-state index in [-0.39, 0.29) is 31.6 Å². The Bertz CT molecular complexity index is 1010. The van der Waals surface area contributed by atoms with E-state index in [1.54, 1.807) is 0 Å². The quantitative estimate of drug-likeness (QED) is 0.0413. The summed E-state index contributed by atoms with van der Waals surface area (Å²) in [6, 6.07) is 0. The number of hydrogen-bond donors (Lipinski definition) is 1. The molecule has 0 aromatic heterocycles. The second kappa shape index (κ2) is 40.3. The number of carbonyl (C=O) groups is 2. The van der Waals surface area contributed by atoms with Gasteiger partial charge < -0.3 is 14.6 Å². The van der Waals surface area contributed by atoms with Gasteiger partial charge in [0.1, 0.15) is 6.61 Å². The molecule has 50 heavy (non-hydrogen) atoms. The number of hydrogen-bond acceptors (Lipinski definition) is 5. The minimum atomic E-state index is -0.819. The van der Waals surface area contributed by atoms with Gasteiger partial charge in [-0.05, 0) is 96.3 Å². The van der Waals surface area contributed by atoms with Crippen molar-refractivity contribution in [3.63, 3.8) is 0 Å². The molecule has 0 unspecified atom stereocenters. The van der Waals surface area contributed by atoms with Crippen molar-refractivity contribution in [3.05, 3.63) is 97.2 Å². The fourth-order valence-corrected chi connectivity index (χ4v) is 4.82. The minimum absolute atomic E-state index is 0.111. The first-order valence-corrected chi connectivity index (χ1v) is 19.8. The van der Waals surface area contributed by atoms with Crippen molar-refractivity contribution >= 4 is 11.9 Å². The molecule has 5 heteroatoms. The number of carbonyl (C=O) groups excluding carboxylic acids is 2. The Morgan fingerprint density at radius 2 is 0.820 bits per heavy atom. The van der Waals surface area contributed by atoms with Gasteiger partial charge in [0.05, 0.1) is 6.61 Å². The van der Waals surface area contributed by atoms with Crippen molar-refractivity contribution in [2.45, 2.75) is 161 Å². The summed E-state index contributed by atoms with van der Waals surface area (Å²) in [7, 11) is 0. The molecule has 0 aromatic rings. The first kappa shape index (κ1) is 46.8. The van der Waals surface area contributed by atoms with Crippen LogP contribution in [0.25, 0.3) is 0 Å². The SMILES string of the molecule is CCCCC/C=C\C/C=C\C/C=C\C/C=C\CCCCCC(=O)OC[C@H](CO)OC(=O)CCC/C=C\C/C=C\C/C=C\C/C=C\CCCCC. The van der Waals surface area contributed by atoms with Crippen LogP contribution in [0.5, 0.6) is 0 Å². The normalized spacial score (nSPS) is 13.3. The van der Waals surface area contributed by atoms with Crippen LogP contribution in [0.2, 0.25) is 0 Å². The van der Waals surface area contributed by atoms with Crippen LogP contribution < -0.4 is 0 Å². The summed E-state index contributed by atoms with van der Waals surface area (Å²) in [6.45, 7) is 3.98. The van der Waals surface area contributed by atoms with Crippen LogP contribution in [-0.4, -0.2) is 36.4 Å². The van der Waals surface area contributed by atoms with Crippen LogP contribution in [-0.2, 0) is 19.1 Å². The zero-order valence-electron chi connectivity index (χ0n) is 31.9. The molecule has 0 saturated heterocycles. The predicted molar refractivity (Wildman–Crippen MR) is 214 cm³/mol. The van der Waals surface area contributed by atoms with E-state index >= 15 is 0 Å². The molecular weight excluding hydrogens is 620 g/mol. The standard InChI is InChI=1S/C45H72O5/c1-3-5-7-9-11-13-15-17-19-21-22-24-25-27-29-31-33-35-37-39-44(47)49-42-43(41-46)50-45(48)40-38-36-34-32-30-28-26-23-20-18-16-14-12-10-8-6-4-2/h11-14,17-20,22,24,26-29,32,34,43,46H,3-10,15-16,21,23,25,30-31,33,35-42H2,1-2H3/b13-11-,14-12-,19-17-,20-18-,24-22-,28-26-,29-27-,34-32-/t43-/m0/s1. The summed E-state index contributed by atoms with van der Waals surface area (Å²) in [5, 5.41) is 9.54. The highest BCUT2D eigenvalue weighted by Crippen LogP contribution is 2.08. The number of aliphatic hydroxyl groups excluding tert-OH is 1. The van der Waals surface area contributed by atoms with Crippen molar-refractivity contribution < 1.29 is 24.2 Å². The van der Waals surface area contributed by atoms with E-state index in [1.165, 1.54) is 51.4 Å². The van der Waals surface area contributed by atoms with Gasteiger partial charge in [-0.25, -0.2) is 0 Å². The summed E-state index contributed by atoms with van der Waals surface area (Å²) in [5.74, 6) is -0.703. The van der Waals surface area contributed by atoms with Gasteiger partial charge in [0, 0.05) is 12.8 Å². The number of ether oxygens (including phenoxy) is 2. The summed E-state index contributed by atoms with van der Waals surface area (Å²) >= 11 is 0. The number of aliphatic hydroxyl groups is 1. The van der Waals surface area contributed by atoms with E-state index in [9.17, 15) is 14.7 Å². The van der Waals surface area contributed by atoms with Gasteiger partial charge >= 0.3 is 11.9 Å². The largest absolute Gasteiger partial charge is 0.462 e. The predicted octanol–water partition coefficient (Wildman–Crippen LogP) is 12.5. The molecule has 0 rings (SSSR count). The Morgan fingerprint density at radius 3 is 1.22 bits per heavy atom. The smallest absolute Gasteiger partial charge is 0.306 e. The van der Waals surface area contributed by atoms with Crippen molar-refractivity contribution in [3.8, 4) is 0 Å². The molecule has 282 valence electrons. The summed E-state index contributed by atoms with van der Waals surface area (Å²) in [5.41, 5.74) is 0. The Balaban J connectivity index is 3.76. The maximum atomic E-state index is 12.1. The van der Waals surface area contributed by atoms with Crippen molar-refractivity contribution in [2.75, 3.05) is 13.2 Å². The van der Waals surface area contributed by atoms with Crippen molar-refractivity contribution in [1.82, 2.24) is 0 Å². The lowest BCUT2D eigenvalue weighted by atomic mass is 10.1. The van der Waals surface area contributed by atoms with Crippen LogP contribution in [0.3, 0.4) is 0 Å². The molecule has 0 spiro atoms. The fourth-order valence-electron chi connectivity index (χ4n) is 4.82. The summed E-state index contributed by atoms with van der Waals surface area (Å²) in [4.78, 5) is 24.2. The van der Waals surface area contributed by atoms with Gasteiger partial charge in [-0.2, -0.15) is 0 Å². The highest BCUT2D eigenvalue weighted by Gasteiger charge is 2.15. The average molecular weight is 693 g/mol. The van der Waals surface area contributed by atoms with Crippen LogP contribution in [0.1, 0.15) is 155 Å². The van der Waals surface area contributed by atoms with Crippen LogP contribution in [0.4, 0.5) is 0 Å². The molecule has 0 radical (unpaired) electrons. The highest BCUT2D eigenvalue weighted by molar-refractivity contribution is 5.70. The van der Waals surface area contributed by atoms with E-state index in [4.69, 9.17) is 9.47 Å². The van der Waals surface area contributed by atoms with E-state index in [0.717, 1.165) is 70.6 Å². The number of rotatable bonds is 34. The molecule has 0 aromatic carbocycles. The van der Waals surface area contributed by atoms with E-state index in [2.05, 4.69) is 111 Å². The molecular formula is C45H72O5. The second-order valence-electron chi connectivity index (χ2n) is 12.6. The zero-order valence-corrected chi connectivity index (χ0v) is 31.9. The van der Waals surface area contributed by atoms with Crippen molar-refractivity contribution in [1.29, 1.82) is 0 Å². The molecule has 0 aliphatic rings. The Kier molecular flexibility index (Phi) is 37.7. The van der Waals surface area contributed by atoms with Gasteiger partial charge in [0.2, 0.25) is 0 Å². The minimum Gasteiger partial charge on any atom is -0.462 e. The Morgan fingerprint density at radius 1 is 0.460 bits per heavy atom. The maximum absolute atomic E-state index is 12.1. The number of unbranched alkanes of at least 4 members (excludes halogenated alkanes) is 10. The molecule has 0 bridgehead atoms.